The van der Waals surface area contributed by atoms with Gasteiger partial charge in [-0.15, -0.1) is 11.3 Å². The number of aromatic nitrogens is 1. The summed E-state index contributed by atoms with van der Waals surface area (Å²) in [5, 5.41) is 21.3. The van der Waals surface area contributed by atoms with E-state index in [2.05, 4.69) is 9.71 Å². The predicted molar refractivity (Wildman–Crippen MR) is 96.1 cm³/mol. The van der Waals surface area contributed by atoms with Crippen molar-refractivity contribution >= 4 is 21.4 Å². The smallest absolute Gasteiger partial charge is 0.240 e. The minimum atomic E-state index is -3.61. The number of hydrogen-bond donors (Lipinski definition) is 3. The van der Waals surface area contributed by atoms with Crippen LogP contribution in [0, 0.1) is 6.92 Å². The summed E-state index contributed by atoms with van der Waals surface area (Å²) in [6.07, 6.45) is 0. The zero-order valence-electron chi connectivity index (χ0n) is 13.3. The van der Waals surface area contributed by atoms with Gasteiger partial charge in [0.15, 0.2) is 11.5 Å². The van der Waals surface area contributed by atoms with Crippen LogP contribution in [0.25, 0.3) is 11.3 Å². The summed E-state index contributed by atoms with van der Waals surface area (Å²) in [5.74, 6) is -0.433. The molecule has 3 aromatic rings. The number of rotatable bonds is 5. The first-order valence-electron chi connectivity index (χ1n) is 7.38. The molecule has 1 heterocycles. The number of nitrogens with zero attached hydrogens (tertiary/aromatic N) is 1. The third-order valence-corrected chi connectivity index (χ3v) is 5.78. The standard InChI is InChI=1S/C17H16N2O4S2/c1-11-3-2-4-13(7-11)25(22,23)18-9-17-19-14(10-24-17)12-5-6-15(20)16(21)8-12/h2-8,10,18,20-21H,9H2,1H3. The molecule has 0 spiro atoms. The summed E-state index contributed by atoms with van der Waals surface area (Å²) in [6.45, 7) is 1.91. The molecule has 3 N–H and O–H groups in total. The Bertz CT molecular complexity index is 1010. The Labute approximate surface area is 149 Å². The van der Waals surface area contributed by atoms with Crippen molar-refractivity contribution in [2.24, 2.45) is 0 Å². The normalized spacial score (nSPS) is 11.6. The van der Waals surface area contributed by atoms with Crippen molar-refractivity contribution in [3.05, 3.63) is 58.4 Å². The van der Waals surface area contributed by atoms with Gasteiger partial charge in [0.1, 0.15) is 5.01 Å². The Morgan fingerprint density at radius 1 is 1.12 bits per heavy atom. The SMILES string of the molecule is Cc1cccc(S(=O)(=O)NCc2nc(-c3ccc(O)c(O)c3)cs2)c1. The maximum Gasteiger partial charge on any atom is 0.240 e. The van der Waals surface area contributed by atoms with Crippen molar-refractivity contribution in [1.82, 2.24) is 9.71 Å². The summed E-state index contributed by atoms with van der Waals surface area (Å²) >= 11 is 1.31. The molecule has 0 aliphatic rings. The maximum atomic E-state index is 12.3. The Balaban J connectivity index is 1.74. The molecule has 0 aliphatic heterocycles. The molecular formula is C17H16N2O4S2. The highest BCUT2D eigenvalue weighted by Gasteiger charge is 2.15. The summed E-state index contributed by atoms with van der Waals surface area (Å²) in [4.78, 5) is 4.58. The number of aromatic hydroxyl groups is 2. The van der Waals surface area contributed by atoms with Gasteiger partial charge in [0.2, 0.25) is 10.0 Å². The number of aryl methyl sites for hydroxylation is 1. The third-order valence-electron chi connectivity index (χ3n) is 3.54. The van der Waals surface area contributed by atoms with Crippen LogP contribution in [0.5, 0.6) is 11.5 Å². The average molecular weight is 376 g/mol. The molecule has 0 unspecified atom stereocenters. The van der Waals surface area contributed by atoms with Gasteiger partial charge in [-0.25, -0.2) is 18.1 Å². The summed E-state index contributed by atoms with van der Waals surface area (Å²) in [7, 11) is -3.61. The Morgan fingerprint density at radius 2 is 1.92 bits per heavy atom. The van der Waals surface area contributed by atoms with Crippen LogP contribution < -0.4 is 4.72 Å². The van der Waals surface area contributed by atoms with Crippen LogP contribution in [-0.4, -0.2) is 23.6 Å². The van der Waals surface area contributed by atoms with Crippen LogP contribution in [0.2, 0.25) is 0 Å². The molecule has 0 saturated heterocycles. The second-order valence-corrected chi connectivity index (χ2v) is 8.18. The van der Waals surface area contributed by atoms with E-state index in [-0.39, 0.29) is 22.9 Å². The van der Waals surface area contributed by atoms with Gasteiger partial charge in [0.05, 0.1) is 17.1 Å². The predicted octanol–water partition coefficient (Wildman–Crippen LogP) is 3.01. The Morgan fingerprint density at radius 3 is 2.64 bits per heavy atom. The number of benzene rings is 2. The molecule has 0 saturated carbocycles. The molecule has 0 radical (unpaired) electrons. The zero-order valence-corrected chi connectivity index (χ0v) is 14.9. The first-order chi connectivity index (χ1) is 11.8. The summed E-state index contributed by atoms with van der Waals surface area (Å²) in [6, 6.07) is 11.1. The molecule has 6 nitrogen and oxygen atoms in total. The summed E-state index contributed by atoms with van der Waals surface area (Å²) in [5.41, 5.74) is 2.11. The minimum absolute atomic E-state index is 0.0744. The fraction of sp³-hybridized carbons (Fsp3) is 0.118. The van der Waals surface area contributed by atoms with Crippen molar-refractivity contribution in [2.45, 2.75) is 18.4 Å². The van der Waals surface area contributed by atoms with E-state index >= 15 is 0 Å². The van der Waals surface area contributed by atoms with Crippen LogP contribution in [0.1, 0.15) is 10.6 Å². The van der Waals surface area contributed by atoms with Crippen LogP contribution in [0.4, 0.5) is 0 Å². The summed E-state index contributed by atoms with van der Waals surface area (Å²) < 4.78 is 27.2. The van der Waals surface area contributed by atoms with Gasteiger partial charge in [-0.05, 0) is 42.8 Å². The molecule has 3 rings (SSSR count). The lowest BCUT2D eigenvalue weighted by molar-refractivity contribution is 0.404. The van der Waals surface area contributed by atoms with E-state index in [0.717, 1.165) is 5.56 Å². The van der Waals surface area contributed by atoms with E-state index in [1.807, 2.05) is 13.0 Å². The lowest BCUT2D eigenvalue weighted by Crippen LogP contribution is -2.23. The molecule has 0 fully saturated rings. The minimum Gasteiger partial charge on any atom is -0.504 e. The number of phenolic OH excluding ortho intramolecular Hbond substituents is 2. The number of thiazole rings is 1. The molecule has 0 aliphatic carbocycles. The van der Waals surface area contributed by atoms with Crippen molar-refractivity contribution in [1.29, 1.82) is 0 Å². The molecule has 0 atom stereocenters. The van der Waals surface area contributed by atoms with Gasteiger partial charge in [-0.3, -0.25) is 0 Å². The molecule has 8 heteroatoms. The zero-order chi connectivity index (χ0) is 18.0. The molecule has 2 aromatic carbocycles. The lowest BCUT2D eigenvalue weighted by Gasteiger charge is -2.06. The largest absolute Gasteiger partial charge is 0.504 e. The fourth-order valence-electron chi connectivity index (χ4n) is 2.23. The second-order valence-electron chi connectivity index (χ2n) is 5.47. The van der Waals surface area contributed by atoms with Crippen molar-refractivity contribution in [3.8, 4) is 22.8 Å². The van der Waals surface area contributed by atoms with Crippen LogP contribution >= 0.6 is 11.3 Å². The van der Waals surface area contributed by atoms with E-state index in [9.17, 15) is 18.6 Å². The van der Waals surface area contributed by atoms with Gasteiger partial charge in [0.25, 0.3) is 0 Å². The average Bonchev–Trinajstić information content (AvgIpc) is 3.05. The number of nitrogens with one attached hydrogen (secondary N) is 1. The van der Waals surface area contributed by atoms with Gasteiger partial charge >= 0.3 is 0 Å². The molecule has 130 valence electrons. The van der Waals surface area contributed by atoms with Crippen LogP contribution in [-0.2, 0) is 16.6 Å². The molecule has 0 amide bonds. The van der Waals surface area contributed by atoms with Crippen LogP contribution in [0.15, 0.2) is 52.7 Å². The molecular weight excluding hydrogens is 360 g/mol. The Hall–Kier alpha value is -2.42. The van der Waals surface area contributed by atoms with Crippen molar-refractivity contribution in [3.63, 3.8) is 0 Å². The molecule has 25 heavy (non-hydrogen) atoms. The first-order valence-corrected chi connectivity index (χ1v) is 9.74. The molecule has 1 aromatic heterocycles. The van der Waals surface area contributed by atoms with Gasteiger partial charge < -0.3 is 10.2 Å². The number of phenols is 2. The van der Waals surface area contributed by atoms with Crippen molar-refractivity contribution in [2.75, 3.05) is 0 Å². The Kier molecular flexibility index (Phi) is 4.76. The topological polar surface area (TPSA) is 99.5 Å². The van der Waals surface area contributed by atoms with Gasteiger partial charge in [-0.1, -0.05) is 12.1 Å². The van der Waals surface area contributed by atoms with E-state index in [1.165, 1.54) is 23.5 Å². The highest BCUT2D eigenvalue weighted by Crippen LogP contribution is 2.31. The highest BCUT2D eigenvalue weighted by molar-refractivity contribution is 7.89. The third kappa shape index (κ3) is 3.98. The monoisotopic (exact) mass is 376 g/mol. The highest BCUT2D eigenvalue weighted by atomic mass is 32.2. The van der Waals surface area contributed by atoms with Crippen molar-refractivity contribution < 1.29 is 18.6 Å². The maximum absolute atomic E-state index is 12.3. The number of sulfonamides is 1. The second kappa shape index (κ2) is 6.83. The quantitative estimate of drug-likeness (QED) is 0.595. The van der Waals surface area contributed by atoms with Crippen LogP contribution in [0.3, 0.4) is 0 Å². The lowest BCUT2D eigenvalue weighted by atomic mass is 10.1. The number of hydrogen-bond acceptors (Lipinski definition) is 6. The van der Waals surface area contributed by atoms with E-state index in [1.54, 1.807) is 29.6 Å². The van der Waals surface area contributed by atoms with Gasteiger partial charge in [-0.2, -0.15) is 0 Å². The molecule has 0 bridgehead atoms. The van der Waals surface area contributed by atoms with E-state index in [0.29, 0.717) is 16.3 Å². The van der Waals surface area contributed by atoms with E-state index in [4.69, 9.17) is 0 Å². The first kappa shape index (κ1) is 17.4. The van der Waals surface area contributed by atoms with Gasteiger partial charge in [0, 0.05) is 10.9 Å². The van der Waals surface area contributed by atoms with E-state index < -0.39 is 10.0 Å². The fourth-order valence-corrected chi connectivity index (χ4v) is 4.16.